The molecule has 3 aliphatic rings. The fourth-order valence-electron chi connectivity index (χ4n) is 4.18. The fraction of sp³-hybridized carbons (Fsp3) is 0.800. The van der Waals surface area contributed by atoms with Gasteiger partial charge >= 0.3 is 5.97 Å². The van der Waals surface area contributed by atoms with Crippen LogP contribution in [0.25, 0.3) is 0 Å². The van der Waals surface area contributed by atoms with Gasteiger partial charge in [0.2, 0.25) is 0 Å². The molecule has 4 nitrogen and oxygen atoms in total. The highest BCUT2D eigenvalue weighted by Gasteiger charge is 2.54. The summed E-state index contributed by atoms with van der Waals surface area (Å²) in [5.41, 5.74) is 1.38. The summed E-state index contributed by atoms with van der Waals surface area (Å²) in [5.74, 6) is -0.0239. The molecule has 5 atom stereocenters. The maximum atomic E-state index is 11.8. The van der Waals surface area contributed by atoms with Crippen molar-refractivity contribution in [2.45, 2.75) is 45.8 Å². The first-order valence-electron chi connectivity index (χ1n) is 7.08. The van der Waals surface area contributed by atoms with Crippen molar-refractivity contribution in [3.8, 4) is 0 Å². The zero-order chi connectivity index (χ0) is 13.9. The molecule has 106 valence electrons. The van der Waals surface area contributed by atoms with Gasteiger partial charge in [0.1, 0.15) is 6.61 Å². The largest absolute Gasteiger partial charge is 0.458 e. The second-order valence-electron chi connectivity index (χ2n) is 7.04. The van der Waals surface area contributed by atoms with Crippen LogP contribution in [0.15, 0.2) is 11.1 Å². The molecule has 0 amide bonds. The van der Waals surface area contributed by atoms with Crippen molar-refractivity contribution < 1.29 is 19.7 Å². The Morgan fingerprint density at radius 1 is 1.32 bits per heavy atom. The minimum atomic E-state index is -0.522. The van der Waals surface area contributed by atoms with Gasteiger partial charge in [0.25, 0.3) is 0 Å². The van der Waals surface area contributed by atoms with Crippen LogP contribution in [0, 0.1) is 23.2 Å². The molecule has 0 aromatic carbocycles. The summed E-state index contributed by atoms with van der Waals surface area (Å²) in [7, 11) is 0. The predicted octanol–water partition coefficient (Wildman–Crippen LogP) is 1.26. The number of ether oxygens (including phenoxy) is 1. The van der Waals surface area contributed by atoms with Gasteiger partial charge in [0.05, 0.1) is 12.2 Å². The van der Waals surface area contributed by atoms with Crippen LogP contribution in [0.2, 0.25) is 0 Å². The lowest BCUT2D eigenvalue weighted by atomic mass is 9.80. The minimum absolute atomic E-state index is 0.0383. The molecule has 0 bridgehead atoms. The maximum Gasteiger partial charge on any atom is 0.334 e. The summed E-state index contributed by atoms with van der Waals surface area (Å²) < 4.78 is 5.13. The van der Waals surface area contributed by atoms with Crippen molar-refractivity contribution in [3.63, 3.8) is 0 Å². The highest BCUT2D eigenvalue weighted by molar-refractivity contribution is 5.92. The monoisotopic (exact) mass is 266 g/mol. The Labute approximate surface area is 113 Å². The van der Waals surface area contributed by atoms with Gasteiger partial charge in [0, 0.05) is 17.9 Å². The van der Waals surface area contributed by atoms with Crippen LogP contribution >= 0.6 is 0 Å². The van der Waals surface area contributed by atoms with Gasteiger partial charge in [-0.25, -0.2) is 4.79 Å². The number of cyclic esters (lactones) is 1. The smallest absolute Gasteiger partial charge is 0.334 e. The van der Waals surface area contributed by atoms with E-state index in [0.717, 1.165) is 12.0 Å². The lowest BCUT2D eigenvalue weighted by molar-refractivity contribution is -0.136. The molecule has 1 heterocycles. The standard InChI is InChI=1S/C15H22O4/c1-7-9-5-15(2,3)13(17)12(9)10-6-19-14(18)8(10)4-11(7)16/h7,9,11-13,16-17H,4-6H2,1-3H3/t7-,9+,11+,12-,13-/m0/s1. The van der Waals surface area contributed by atoms with Crippen LogP contribution in [0.3, 0.4) is 0 Å². The summed E-state index contributed by atoms with van der Waals surface area (Å²) in [6.45, 7) is 6.44. The molecule has 0 spiro atoms. The third kappa shape index (κ3) is 1.77. The number of hydrogen-bond donors (Lipinski definition) is 2. The van der Waals surface area contributed by atoms with E-state index in [4.69, 9.17) is 4.74 Å². The molecule has 0 aromatic rings. The number of hydrogen-bond acceptors (Lipinski definition) is 4. The van der Waals surface area contributed by atoms with Crippen molar-refractivity contribution in [2.75, 3.05) is 6.61 Å². The number of rotatable bonds is 0. The van der Waals surface area contributed by atoms with E-state index < -0.39 is 12.2 Å². The van der Waals surface area contributed by atoms with Gasteiger partial charge in [-0.3, -0.25) is 0 Å². The number of esters is 1. The summed E-state index contributed by atoms with van der Waals surface area (Å²) in [5, 5.41) is 20.9. The van der Waals surface area contributed by atoms with Crippen molar-refractivity contribution >= 4 is 5.97 Å². The van der Waals surface area contributed by atoms with E-state index in [9.17, 15) is 15.0 Å². The molecule has 3 rings (SSSR count). The normalized spacial score (nSPS) is 44.7. The zero-order valence-electron chi connectivity index (χ0n) is 11.7. The van der Waals surface area contributed by atoms with Crippen LogP contribution in [-0.2, 0) is 9.53 Å². The van der Waals surface area contributed by atoms with Gasteiger partial charge in [-0.15, -0.1) is 0 Å². The molecular formula is C15H22O4. The van der Waals surface area contributed by atoms with Crippen LogP contribution in [-0.4, -0.2) is 35.0 Å². The lowest BCUT2D eigenvalue weighted by Gasteiger charge is -2.28. The van der Waals surface area contributed by atoms with Crippen LogP contribution in [0.4, 0.5) is 0 Å². The maximum absolute atomic E-state index is 11.8. The first kappa shape index (κ1) is 13.1. The van der Waals surface area contributed by atoms with E-state index in [1.54, 1.807) is 0 Å². The summed E-state index contributed by atoms with van der Waals surface area (Å²) in [6.07, 6.45) is 0.258. The molecule has 2 aliphatic carbocycles. The van der Waals surface area contributed by atoms with E-state index in [1.165, 1.54) is 0 Å². The molecule has 0 saturated heterocycles. The lowest BCUT2D eigenvalue weighted by Crippen LogP contribution is -2.32. The SMILES string of the molecule is C[C@H]1[C@H]2CC(C)(C)[C@@H](O)[C@@H]2C2=C(C[C@H]1O)C(=O)OC2. The van der Waals surface area contributed by atoms with Crippen LogP contribution < -0.4 is 0 Å². The molecule has 0 unspecified atom stereocenters. The van der Waals surface area contributed by atoms with Crippen molar-refractivity contribution in [1.29, 1.82) is 0 Å². The summed E-state index contributed by atoms with van der Waals surface area (Å²) >= 11 is 0. The average Bonchev–Trinajstić information content (AvgIpc) is 2.76. The van der Waals surface area contributed by atoms with E-state index in [2.05, 4.69) is 13.8 Å². The van der Waals surface area contributed by atoms with E-state index in [1.807, 2.05) is 6.92 Å². The number of carbonyl (C=O) groups excluding carboxylic acids is 1. The molecule has 19 heavy (non-hydrogen) atoms. The minimum Gasteiger partial charge on any atom is -0.458 e. The molecule has 1 fully saturated rings. The molecule has 1 aliphatic heterocycles. The average molecular weight is 266 g/mol. The van der Waals surface area contributed by atoms with Gasteiger partial charge < -0.3 is 14.9 Å². The van der Waals surface area contributed by atoms with Gasteiger partial charge in [-0.1, -0.05) is 20.8 Å². The fourth-order valence-corrected chi connectivity index (χ4v) is 4.18. The Balaban J connectivity index is 2.08. The third-order valence-electron chi connectivity index (χ3n) is 5.45. The number of carbonyl (C=O) groups is 1. The Morgan fingerprint density at radius 3 is 2.68 bits per heavy atom. The number of aliphatic hydroxyl groups excluding tert-OH is 2. The van der Waals surface area contributed by atoms with E-state index in [0.29, 0.717) is 18.6 Å². The second kappa shape index (κ2) is 4.06. The third-order valence-corrected chi connectivity index (χ3v) is 5.45. The number of fused-ring (bicyclic) bond motifs is 2. The summed E-state index contributed by atoms with van der Waals surface area (Å²) in [4.78, 5) is 11.8. The summed E-state index contributed by atoms with van der Waals surface area (Å²) in [6, 6.07) is 0. The molecular weight excluding hydrogens is 244 g/mol. The Bertz CT molecular complexity index is 451. The van der Waals surface area contributed by atoms with Crippen LogP contribution in [0.1, 0.15) is 33.6 Å². The van der Waals surface area contributed by atoms with Crippen LogP contribution in [0.5, 0.6) is 0 Å². The molecule has 2 N–H and O–H groups in total. The first-order valence-corrected chi connectivity index (χ1v) is 7.08. The Morgan fingerprint density at radius 2 is 2.00 bits per heavy atom. The number of aliphatic hydroxyl groups is 2. The van der Waals surface area contributed by atoms with Gasteiger partial charge in [-0.05, 0) is 29.2 Å². The molecule has 1 saturated carbocycles. The topological polar surface area (TPSA) is 66.8 Å². The Hall–Kier alpha value is -0.870. The molecule has 0 radical (unpaired) electrons. The van der Waals surface area contributed by atoms with Crippen molar-refractivity contribution in [2.24, 2.45) is 23.2 Å². The predicted molar refractivity (Wildman–Crippen MR) is 69.2 cm³/mol. The van der Waals surface area contributed by atoms with Gasteiger partial charge in [-0.2, -0.15) is 0 Å². The van der Waals surface area contributed by atoms with E-state index in [-0.39, 0.29) is 29.1 Å². The quantitative estimate of drug-likeness (QED) is 0.648. The Kier molecular flexibility index (Phi) is 2.81. The zero-order valence-corrected chi connectivity index (χ0v) is 11.7. The highest BCUT2D eigenvalue weighted by Crippen LogP contribution is 2.54. The van der Waals surface area contributed by atoms with Crippen molar-refractivity contribution in [1.82, 2.24) is 0 Å². The molecule has 4 heteroatoms. The van der Waals surface area contributed by atoms with E-state index >= 15 is 0 Å². The highest BCUT2D eigenvalue weighted by atomic mass is 16.5. The first-order chi connectivity index (χ1) is 8.83. The molecule has 0 aromatic heterocycles. The van der Waals surface area contributed by atoms with Crippen molar-refractivity contribution in [3.05, 3.63) is 11.1 Å². The second-order valence-corrected chi connectivity index (χ2v) is 7.04. The van der Waals surface area contributed by atoms with Gasteiger partial charge in [0.15, 0.2) is 0 Å².